The average Bonchev–Trinajstić information content (AvgIpc) is 3.34. The van der Waals surface area contributed by atoms with Crippen LogP contribution in [0.1, 0.15) is 22.5 Å². The molecule has 0 aliphatic carbocycles. The molecule has 0 radical (unpaired) electrons. The van der Waals surface area contributed by atoms with Crippen molar-refractivity contribution in [3.8, 4) is 6.07 Å². The summed E-state index contributed by atoms with van der Waals surface area (Å²) in [6.07, 6.45) is 3.57. The van der Waals surface area contributed by atoms with Crippen molar-refractivity contribution in [3.05, 3.63) is 41.2 Å². The number of rotatable bonds is 9. The lowest BCUT2D eigenvalue weighted by atomic mass is 10.2. The lowest BCUT2D eigenvalue weighted by molar-refractivity contribution is -0.149. The van der Waals surface area contributed by atoms with Gasteiger partial charge in [0.15, 0.2) is 12.4 Å². The number of carbonyl (C=O) groups is 3. The molecular weight excluding hydrogens is 390 g/mol. The number of amides is 2. The Balaban J connectivity index is 1.89. The lowest BCUT2D eigenvalue weighted by Crippen LogP contribution is -2.43. The molecule has 27 heavy (non-hydrogen) atoms. The minimum Gasteiger partial charge on any atom is -0.459 e. The molecule has 2 aromatic rings. The van der Waals surface area contributed by atoms with Gasteiger partial charge in [0.1, 0.15) is 17.1 Å². The number of hydrogen-bond acceptors (Lipinski definition) is 8. The third-order valence-corrected chi connectivity index (χ3v) is 4.80. The number of nitriles is 1. The molecule has 0 saturated carbocycles. The summed E-state index contributed by atoms with van der Waals surface area (Å²) in [5.74, 6) is -1.12. The van der Waals surface area contributed by atoms with Crippen molar-refractivity contribution in [1.82, 2.24) is 5.32 Å². The summed E-state index contributed by atoms with van der Waals surface area (Å²) in [4.78, 5) is 36.3. The zero-order chi connectivity index (χ0) is 19.6. The van der Waals surface area contributed by atoms with Crippen molar-refractivity contribution in [1.29, 1.82) is 5.26 Å². The molecule has 2 amide bonds. The molecule has 142 valence electrons. The number of furan rings is 1. The molecule has 2 rings (SSSR count). The van der Waals surface area contributed by atoms with E-state index in [4.69, 9.17) is 14.4 Å². The van der Waals surface area contributed by atoms with E-state index in [0.717, 1.165) is 0 Å². The lowest BCUT2D eigenvalue weighted by Gasteiger charge is -2.16. The average molecular weight is 407 g/mol. The summed E-state index contributed by atoms with van der Waals surface area (Å²) in [6, 6.07) is 5.67. The number of thioether (sulfide) groups is 1. The fourth-order valence-electron chi connectivity index (χ4n) is 2.02. The van der Waals surface area contributed by atoms with Gasteiger partial charge in [-0.2, -0.15) is 17.0 Å². The normalized spacial score (nSPS) is 11.3. The number of thiophene rings is 1. The van der Waals surface area contributed by atoms with Crippen LogP contribution in [0.5, 0.6) is 0 Å². The Bertz CT molecular complexity index is 826. The van der Waals surface area contributed by atoms with E-state index in [-0.39, 0.29) is 5.76 Å². The Morgan fingerprint density at radius 3 is 2.89 bits per heavy atom. The molecule has 0 spiro atoms. The van der Waals surface area contributed by atoms with E-state index in [1.165, 1.54) is 35.4 Å². The molecule has 2 aromatic heterocycles. The van der Waals surface area contributed by atoms with Gasteiger partial charge in [-0.25, -0.2) is 4.79 Å². The zero-order valence-electron chi connectivity index (χ0n) is 14.4. The van der Waals surface area contributed by atoms with E-state index in [0.29, 0.717) is 22.7 Å². The maximum Gasteiger partial charge on any atom is 0.329 e. The zero-order valence-corrected chi connectivity index (χ0v) is 16.0. The third kappa shape index (κ3) is 6.16. The van der Waals surface area contributed by atoms with Crippen LogP contribution in [-0.2, 0) is 14.3 Å². The number of carbonyl (C=O) groups excluding carboxylic acids is 3. The minimum absolute atomic E-state index is 0.0800. The smallest absolute Gasteiger partial charge is 0.329 e. The highest BCUT2D eigenvalue weighted by atomic mass is 32.2. The van der Waals surface area contributed by atoms with Crippen molar-refractivity contribution in [2.75, 3.05) is 23.9 Å². The number of anilines is 1. The maximum atomic E-state index is 12.3. The second kappa shape index (κ2) is 10.4. The number of nitrogens with one attached hydrogen (secondary N) is 2. The second-order valence-corrected chi connectivity index (χ2v) is 7.12. The fourth-order valence-corrected chi connectivity index (χ4v) is 3.24. The Kier molecular flexibility index (Phi) is 7.91. The molecule has 8 nitrogen and oxygen atoms in total. The molecule has 0 unspecified atom stereocenters. The van der Waals surface area contributed by atoms with Gasteiger partial charge >= 0.3 is 5.97 Å². The summed E-state index contributed by atoms with van der Waals surface area (Å²) < 4.78 is 10.0. The molecule has 0 fully saturated rings. The van der Waals surface area contributed by atoms with Crippen LogP contribution in [0.4, 0.5) is 5.00 Å². The quantitative estimate of drug-likeness (QED) is 0.611. The van der Waals surface area contributed by atoms with Crippen molar-refractivity contribution in [2.24, 2.45) is 0 Å². The van der Waals surface area contributed by atoms with Crippen LogP contribution in [0, 0.1) is 11.3 Å². The molecule has 2 N–H and O–H groups in total. The molecule has 0 bridgehead atoms. The number of nitrogens with zero attached hydrogens (tertiary/aromatic N) is 1. The van der Waals surface area contributed by atoms with Crippen LogP contribution in [0.3, 0.4) is 0 Å². The Labute approximate surface area is 163 Å². The van der Waals surface area contributed by atoms with Crippen LogP contribution in [0.25, 0.3) is 0 Å². The molecule has 1 atom stereocenters. The van der Waals surface area contributed by atoms with E-state index in [2.05, 4.69) is 10.6 Å². The topological polar surface area (TPSA) is 121 Å². The van der Waals surface area contributed by atoms with Crippen molar-refractivity contribution >= 4 is 45.9 Å². The van der Waals surface area contributed by atoms with Gasteiger partial charge in [-0.1, -0.05) is 0 Å². The molecule has 0 aliphatic heterocycles. The van der Waals surface area contributed by atoms with E-state index >= 15 is 0 Å². The maximum absolute atomic E-state index is 12.3. The monoisotopic (exact) mass is 407 g/mol. The molecule has 2 heterocycles. The first-order valence-corrected chi connectivity index (χ1v) is 10.1. The van der Waals surface area contributed by atoms with E-state index in [1.54, 1.807) is 17.5 Å². The fraction of sp³-hybridized carbons (Fsp3) is 0.294. The van der Waals surface area contributed by atoms with Gasteiger partial charge in [-0.15, -0.1) is 11.3 Å². The summed E-state index contributed by atoms with van der Waals surface area (Å²) in [6.45, 7) is -0.520. The number of ether oxygens (including phenoxy) is 1. The molecule has 10 heteroatoms. The Morgan fingerprint density at radius 1 is 1.41 bits per heavy atom. The van der Waals surface area contributed by atoms with Gasteiger partial charge < -0.3 is 19.8 Å². The van der Waals surface area contributed by atoms with Crippen molar-refractivity contribution < 1.29 is 23.5 Å². The van der Waals surface area contributed by atoms with Crippen LogP contribution in [0.2, 0.25) is 0 Å². The number of hydrogen-bond donors (Lipinski definition) is 2. The molecule has 0 aliphatic rings. The first-order valence-electron chi connectivity index (χ1n) is 7.82. The van der Waals surface area contributed by atoms with Crippen molar-refractivity contribution in [2.45, 2.75) is 12.5 Å². The standard InChI is InChI=1S/C17H17N3O5S2/c1-26-7-5-12(19-15(22)13-3-2-6-24-13)17(23)25-10-14(21)20-16-11(9-18)4-8-27-16/h2-4,6,8,12H,5,7,10H2,1H3,(H,19,22)(H,20,21)/t12-/m1/s1. The third-order valence-electron chi connectivity index (χ3n) is 3.33. The summed E-state index contributed by atoms with van der Waals surface area (Å²) >= 11 is 2.71. The number of esters is 1. The molecule has 0 aromatic carbocycles. The van der Waals surface area contributed by atoms with Crippen LogP contribution in [-0.4, -0.2) is 42.4 Å². The Hall–Kier alpha value is -2.77. The first kappa shape index (κ1) is 20.5. The summed E-state index contributed by atoms with van der Waals surface area (Å²) in [7, 11) is 0. The van der Waals surface area contributed by atoms with Gasteiger partial charge in [0.2, 0.25) is 0 Å². The molecule has 0 saturated heterocycles. The first-order chi connectivity index (χ1) is 13.0. The van der Waals surface area contributed by atoms with E-state index in [1.807, 2.05) is 12.3 Å². The summed E-state index contributed by atoms with van der Waals surface area (Å²) in [5.41, 5.74) is 0.336. The predicted octanol–water partition coefficient (Wildman–Crippen LogP) is 2.25. The summed E-state index contributed by atoms with van der Waals surface area (Å²) in [5, 5.41) is 16.1. The Morgan fingerprint density at radius 2 is 2.22 bits per heavy atom. The minimum atomic E-state index is -0.903. The van der Waals surface area contributed by atoms with Gasteiger partial charge in [0.25, 0.3) is 11.8 Å². The van der Waals surface area contributed by atoms with Gasteiger partial charge in [-0.05, 0) is 42.0 Å². The van der Waals surface area contributed by atoms with Crippen LogP contribution >= 0.6 is 23.1 Å². The van der Waals surface area contributed by atoms with E-state index < -0.39 is 30.4 Å². The van der Waals surface area contributed by atoms with E-state index in [9.17, 15) is 14.4 Å². The van der Waals surface area contributed by atoms with Gasteiger partial charge in [0, 0.05) is 0 Å². The highest BCUT2D eigenvalue weighted by Crippen LogP contribution is 2.21. The van der Waals surface area contributed by atoms with Gasteiger partial charge in [0.05, 0.1) is 11.8 Å². The second-order valence-electron chi connectivity index (χ2n) is 5.22. The van der Waals surface area contributed by atoms with Gasteiger partial charge in [-0.3, -0.25) is 9.59 Å². The van der Waals surface area contributed by atoms with Crippen LogP contribution < -0.4 is 10.6 Å². The SMILES string of the molecule is CSCC[C@@H](NC(=O)c1ccco1)C(=O)OCC(=O)Nc1sccc1C#N. The largest absolute Gasteiger partial charge is 0.459 e. The van der Waals surface area contributed by atoms with Crippen LogP contribution in [0.15, 0.2) is 34.3 Å². The predicted molar refractivity (Wildman–Crippen MR) is 102 cm³/mol. The van der Waals surface area contributed by atoms with Crippen molar-refractivity contribution in [3.63, 3.8) is 0 Å². The highest BCUT2D eigenvalue weighted by Gasteiger charge is 2.24. The highest BCUT2D eigenvalue weighted by molar-refractivity contribution is 7.98. The molecular formula is C17H17N3O5S2.